The van der Waals surface area contributed by atoms with E-state index < -0.39 is 0 Å². The molecule has 1 aromatic carbocycles. The van der Waals surface area contributed by atoms with Crippen LogP contribution in [0.3, 0.4) is 0 Å². The molecular formula is C14H19BrN2O3. The highest BCUT2D eigenvalue weighted by Gasteiger charge is 2.05. The lowest BCUT2D eigenvalue weighted by atomic mass is 10.1. The number of rotatable bonds is 7. The lowest BCUT2D eigenvalue weighted by molar-refractivity contribution is -0.122. The molecule has 2 N–H and O–H groups in total. The van der Waals surface area contributed by atoms with Crippen molar-refractivity contribution in [2.45, 2.75) is 19.8 Å². The highest BCUT2D eigenvalue weighted by molar-refractivity contribution is 9.10. The van der Waals surface area contributed by atoms with E-state index in [1.165, 1.54) is 6.92 Å². The van der Waals surface area contributed by atoms with Crippen molar-refractivity contribution in [1.82, 2.24) is 10.6 Å². The number of ether oxygens (including phenoxy) is 1. The predicted molar refractivity (Wildman–Crippen MR) is 80.7 cm³/mol. The van der Waals surface area contributed by atoms with Crippen molar-refractivity contribution in [3.8, 4) is 5.75 Å². The Morgan fingerprint density at radius 2 is 1.95 bits per heavy atom. The van der Waals surface area contributed by atoms with Crippen LogP contribution in [0.1, 0.15) is 18.9 Å². The maximum absolute atomic E-state index is 11.6. The van der Waals surface area contributed by atoms with Gasteiger partial charge in [0.2, 0.25) is 11.8 Å². The molecule has 0 fully saturated rings. The Kier molecular flexibility index (Phi) is 7.08. The van der Waals surface area contributed by atoms with E-state index in [1.54, 1.807) is 7.11 Å². The quantitative estimate of drug-likeness (QED) is 0.740. The van der Waals surface area contributed by atoms with Crippen molar-refractivity contribution in [1.29, 1.82) is 0 Å². The van der Waals surface area contributed by atoms with Crippen molar-refractivity contribution < 1.29 is 14.3 Å². The number of halogens is 1. The fraction of sp³-hybridized carbons (Fsp3) is 0.429. The highest BCUT2D eigenvalue weighted by Crippen LogP contribution is 2.25. The van der Waals surface area contributed by atoms with Gasteiger partial charge < -0.3 is 15.4 Å². The van der Waals surface area contributed by atoms with Gasteiger partial charge >= 0.3 is 0 Å². The van der Waals surface area contributed by atoms with Gasteiger partial charge in [0.1, 0.15) is 5.75 Å². The van der Waals surface area contributed by atoms with E-state index in [-0.39, 0.29) is 11.8 Å². The second-order valence-corrected chi connectivity index (χ2v) is 5.16. The van der Waals surface area contributed by atoms with Crippen molar-refractivity contribution in [3.05, 3.63) is 28.2 Å². The summed E-state index contributed by atoms with van der Waals surface area (Å²) >= 11 is 3.41. The Balaban J connectivity index is 2.30. The minimum Gasteiger partial charge on any atom is -0.496 e. The summed E-state index contributed by atoms with van der Waals surface area (Å²) in [4.78, 5) is 22.3. The second kappa shape index (κ2) is 8.58. The number of carbonyl (C=O) groups is 2. The summed E-state index contributed by atoms with van der Waals surface area (Å²) < 4.78 is 6.03. The summed E-state index contributed by atoms with van der Waals surface area (Å²) in [6.45, 7) is 2.35. The molecule has 20 heavy (non-hydrogen) atoms. The summed E-state index contributed by atoms with van der Waals surface area (Å²) in [7, 11) is 1.61. The number of methoxy groups -OCH3 is 1. The molecule has 0 aliphatic rings. The fourth-order valence-electron chi connectivity index (χ4n) is 1.65. The molecule has 0 radical (unpaired) electrons. The van der Waals surface area contributed by atoms with Crippen LogP contribution in [-0.2, 0) is 16.0 Å². The van der Waals surface area contributed by atoms with Crippen LogP contribution in [0.5, 0.6) is 5.75 Å². The smallest absolute Gasteiger partial charge is 0.220 e. The number of aryl methyl sites for hydroxylation is 1. The zero-order valence-electron chi connectivity index (χ0n) is 11.7. The van der Waals surface area contributed by atoms with Crippen LogP contribution in [0.4, 0.5) is 0 Å². The Hall–Kier alpha value is -1.56. The standard InChI is InChI=1S/C14H19BrN2O3/c1-10(18)16-7-8-17-14(19)6-4-11-3-5-13(20-2)12(15)9-11/h3,5,9H,4,6-8H2,1-2H3,(H,16,18)(H,17,19). The van der Waals surface area contributed by atoms with Crippen LogP contribution in [0.25, 0.3) is 0 Å². The molecule has 0 bridgehead atoms. The first-order chi connectivity index (χ1) is 9.52. The first-order valence-electron chi connectivity index (χ1n) is 6.36. The maximum atomic E-state index is 11.6. The van der Waals surface area contributed by atoms with Crippen molar-refractivity contribution in [2.24, 2.45) is 0 Å². The van der Waals surface area contributed by atoms with Crippen molar-refractivity contribution >= 4 is 27.7 Å². The number of hydrogen-bond donors (Lipinski definition) is 2. The number of benzene rings is 1. The molecule has 1 rings (SSSR count). The lowest BCUT2D eigenvalue weighted by Gasteiger charge is -2.07. The minimum atomic E-state index is -0.0951. The van der Waals surface area contributed by atoms with E-state index in [0.717, 1.165) is 15.8 Å². The van der Waals surface area contributed by atoms with Gasteiger partial charge in [-0.1, -0.05) is 6.07 Å². The molecule has 0 atom stereocenters. The lowest BCUT2D eigenvalue weighted by Crippen LogP contribution is -2.33. The van der Waals surface area contributed by atoms with Gasteiger partial charge in [0.15, 0.2) is 0 Å². The summed E-state index contributed by atoms with van der Waals surface area (Å²) in [5, 5.41) is 5.38. The maximum Gasteiger partial charge on any atom is 0.220 e. The molecule has 0 saturated carbocycles. The number of amides is 2. The largest absolute Gasteiger partial charge is 0.496 e. The van der Waals surface area contributed by atoms with E-state index >= 15 is 0 Å². The highest BCUT2D eigenvalue weighted by atomic mass is 79.9. The molecule has 0 aliphatic heterocycles. The van der Waals surface area contributed by atoms with Gasteiger partial charge in [-0.3, -0.25) is 9.59 Å². The van der Waals surface area contributed by atoms with Gasteiger partial charge in [-0.2, -0.15) is 0 Å². The minimum absolute atomic E-state index is 0.0257. The molecule has 0 heterocycles. The number of carbonyl (C=O) groups excluding carboxylic acids is 2. The third-order valence-electron chi connectivity index (χ3n) is 2.68. The molecule has 6 heteroatoms. The Labute approximate surface area is 127 Å². The van der Waals surface area contributed by atoms with E-state index in [4.69, 9.17) is 4.74 Å². The van der Waals surface area contributed by atoms with Crippen LogP contribution in [0, 0.1) is 0 Å². The van der Waals surface area contributed by atoms with Gasteiger partial charge in [0.25, 0.3) is 0 Å². The molecule has 1 aromatic rings. The molecule has 0 saturated heterocycles. The van der Waals surface area contributed by atoms with Crippen LogP contribution >= 0.6 is 15.9 Å². The molecule has 110 valence electrons. The van der Waals surface area contributed by atoms with Crippen molar-refractivity contribution in [3.63, 3.8) is 0 Å². The van der Waals surface area contributed by atoms with Gasteiger partial charge in [-0.05, 0) is 40.0 Å². The predicted octanol–water partition coefficient (Wildman–Crippen LogP) is 1.64. The van der Waals surface area contributed by atoms with Gasteiger partial charge in [-0.25, -0.2) is 0 Å². The first-order valence-corrected chi connectivity index (χ1v) is 7.15. The third-order valence-corrected chi connectivity index (χ3v) is 3.30. The normalized spacial score (nSPS) is 9.95. The molecule has 0 aliphatic carbocycles. The van der Waals surface area contributed by atoms with E-state index in [2.05, 4.69) is 26.6 Å². The first kappa shape index (κ1) is 16.5. The summed E-state index contributed by atoms with van der Waals surface area (Å²) in [6, 6.07) is 5.76. The number of hydrogen-bond acceptors (Lipinski definition) is 3. The average molecular weight is 343 g/mol. The number of nitrogens with one attached hydrogen (secondary N) is 2. The molecule has 2 amide bonds. The third kappa shape index (κ3) is 6.06. The Morgan fingerprint density at radius 1 is 1.25 bits per heavy atom. The van der Waals surface area contributed by atoms with Crippen molar-refractivity contribution in [2.75, 3.05) is 20.2 Å². The fourth-order valence-corrected chi connectivity index (χ4v) is 2.24. The molecule has 5 nitrogen and oxygen atoms in total. The van der Waals surface area contributed by atoms with Crippen LogP contribution < -0.4 is 15.4 Å². The zero-order chi connectivity index (χ0) is 15.0. The Morgan fingerprint density at radius 3 is 2.55 bits per heavy atom. The monoisotopic (exact) mass is 342 g/mol. The SMILES string of the molecule is COc1ccc(CCC(=O)NCCNC(C)=O)cc1Br. The molecule has 0 unspecified atom stereocenters. The summed E-state index contributed by atoms with van der Waals surface area (Å²) in [6.07, 6.45) is 1.08. The zero-order valence-corrected chi connectivity index (χ0v) is 13.2. The molecule has 0 aromatic heterocycles. The van der Waals surface area contributed by atoms with Gasteiger partial charge in [0, 0.05) is 26.4 Å². The van der Waals surface area contributed by atoms with Gasteiger partial charge in [-0.15, -0.1) is 0 Å². The van der Waals surface area contributed by atoms with E-state index in [1.807, 2.05) is 18.2 Å². The molecule has 0 spiro atoms. The Bertz CT molecular complexity index is 477. The van der Waals surface area contributed by atoms with Crippen LogP contribution in [0.2, 0.25) is 0 Å². The van der Waals surface area contributed by atoms with E-state index in [0.29, 0.717) is 25.9 Å². The van der Waals surface area contributed by atoms with Gasteiger partial charge in [0.05, 0.1) is 11.6 Å². The summed E-state index contributed by atoms with van der Waals surface area (Å²) in [5.41, 5.74) is 1.06. The van der Waals surface area contributed by atoms with Crippen LogP contribution in [0.15, 0.2) is 22.7 Å². The van der Waals surface area contributed by atoms with Crippen LogP contribution in [-0.4, -0.2) is 32.0 Å². The van der Waals surface area contributed by atoms with E-state index in [9.17, 15) is 9.59 Å². The summed E-state index contributed by atoms with van der Waals surface area (Å²) in [5.74, 6) is 0.651. The topological polar surface area (TPSA) is 67.4 Å². The molecular weight excluding hydrogens is 324 g/mol. The second-order valence-electron chi connectivity index (χ2n) is 4.30. The average Bonchev–Trinajstić information content (AvgIpc) is 2.41.